The normalized spacial score (nSPS) is 16.9. The van der Waals surface area contributed by atoms with Crippen LogP contribution in [0.2, 0.25) is 0 Å². The standard InChI is InChI=1S/C15H25N3O/c1-13(2)4-9-19-15-10-14(11-16-12-15)18-7-5-17(3)6-8-18/h10-13H,4-9H2,1-3H3. The molecule has 2 heterocycles. The molecule has 0 aliphatic carbocycles. The van der Waals surface area contributed by atoms with E-state index in [0.29, 0.717) is 5.92 Å². The molecule has 106 valence electrons. The summed E-state index contributed by atoms with van der Waals surface area (Å²) in [6.45, 7) is 9.54. The van der Waals surface area contributed by atoms with Crippen LogP contribution in [-0.4, -0.2) is 49.7 Å². The molecule has 1 aromatic rings. The van der Waals surface area contributed by atoms with Crippen molar-refractivity contribution in [3.8, 4) is 5.75 Å². The Balaban J connectivity index is 1.91. The molecular formula is C15H25N3O. The number of rotatable bonds is 5. The van der Waals surface area contributed by atoms with Gasteiger partial charge in [-0.3, -0.25) is 4.98 Å². The van der Waals surface area contributed by atoms with Crippen LogP contribution in [0.3, 0.4) is 0 Å². The van der Waals surface area contributed by atoms with Gasteiger partial charge in [-0.25, -0.2) is 0 Å². The molecule has 0 atom stereocenters. The van der Waals surface area contributed by atoms with E-state index >= 15 is 0 Å². The number of pyridine rings is 1. The lowest BCUT2D eigenvalue weighted by atomic mass is 10.1. The Labute approximate surface area is 116 Å². The summed E-state index contributed by atoms with van der Waals surface area (Å²) in [6, 6.07) is 2.11. The highest BCUT2D eigenvalue weighted by Gasteiger charge is 2.14. The highest BCUT2D eigenvalue weighted by molar-refractivity contribution is 5.48. The van der Waals surface area contributed by atoms with Gasteiger partial charge in [0.25, 0.3) is 0 Å². The zero-order chi connectivity index (χ0) is 13.7. The van der Waals surface area contributed by atoms with Gasteiger partial charge in [-0.1, -0.05) is 13.8 Å². The number of ether oxygens (including phenoxy) is 1. The van der Waals surface area contributed by atoms with Gasteiger partial charge in [-0.05, 0) is 19.4 Å². The molecule has 1 aliphatic rings. The molecule has 19 heavy (non-hydrogen) atoms. The number of hydrogen-bond acceptors (Lipinski definition) is 4. The summed E-state index contributed by atoms with van der Waals surface area (Å²) in [7, 11) is 2.17. The first-order valence-electron chi connectivity index (χ1n) is 7.16. The molecule has 0 N–H and O–H groups in total. The molecule has 2 rings (SSSR count). The fourth-order valence-electron chi connectivity index (χ4n) is 2.14. The van der Waals surface area contributed by atoms with Crippen LogP contribution in [0.25, 0.3) is 0 Å². The van der Waals surface area contributed by atoms with E-state index in [4.69, 9.17) is 4.74 Å². The summed E-state index contributed by atoms with van der Waals surface area (Å²) in [5, 5.41) is 0. The van der Waals surface area contributed by atoms with Crippen molar-refractivity contribution >= 4 is 5.69 Å². The lowest BCUT2D eigenvalue weighted by molar-refractivity contribution is 0.288. The van der Waals surface area contributed by atoms with Gasteiger partial charge in [-0.15, -0.1) is 0 Å². The average Bonchev–Trinajstić information content (AvgIpc) is 2.39. The monoisotopic (exact) mass is 263 g/mol. The van der Waals surface area contributed by atoms with E-state index in [0.717, 1.165) is 45.0 Å². The quantitative estimate of drug-likeness (QED) is 0.815. The van der Waals surface area contributed by atoms with Crippen LogP contribution in [-0.2, 0) is 0 Å². The summed E-state index contributed by atoms with van der Waals surface area (Å²) in [6.07, 6.45) is 4.82. The third-order valence-corrected chi connectivity index (χ3v) is 3.53. The molecule has 0 saturated carbocycles. The van der Waals surface area contributed by atoms with E-state index in [2.05, 4.69) is 41.7 Å². The summed E-state index contributed by atoms with van der Waals surface area (Å²) in [4.78, 5) is 9.03. The summed E-state index contributed by atoms with van der Waals surface area (Å²) >= 11 is 0. The molecular weight excluding hydrogens is 238 g/mol. The predicted octanol–water partition coefficient (Wildman–Crippen LogP) is 2.26. The predicted molar refractivity (Wildman–Crippen MR) is 78.9 cm³/mol. The van der Waals surface area contributed by atoms with Crippen molar-refractivity contribution in [1.82, 2.24) is 9.88 Å². The van der Waals surface area contributed by atoms with Gasteiger partial charge in [0.15, 0.2) is 0 Å². The van der Waals surface area contributed by atoms with Crippen molar-refractivity contribution < 1.29 is 4.74 Å². The van der Waals surface area contributed by atoms with Crippen molar-refractivity contribution in [2.24, 2.45) is 5.92 Å². The Bertz CT molecular complexity index is 387. The summed E-state index contributed by atoms with van der Waals surface area (Å²) < 4.78 is 5.77. The molecule has 4 nitrogen and oxygen atoms in total. The zero-order valence-electron chi connectivity index (χ0n) is 12.3. The molecule has 4 heteroatoms. The second-order valence-corrected chi connectivity index (χ2v) is 5.70. The largest absolute Gasteiger partial charge is 0.492 e. The third-order valence-electron chi connectivity index (χ3n) is 3.53. The maximum atomic E-state index is 5.77. The van der Waals surface area contributed by atoms with Gasteiger partial charge in [0.05, 0.1) is 24.7 Å². The molecule has 1 saturated heterocycles. The van der Waals surface area contributed by atoms with Crippen LogP contribution < -0.4 is 9.64 Å². The smallest absolute Gasteiger partial charge is 0.139 e. The van der Waals surface area contributed by atoms with E-state index in [-0.39, 0.29) is 0 Å². The lowest BCUT2D eigenvalue weighted by Gasteiger charge is -2.33. The van der Waals surface area contributed by atoms with E-state index in [1.165, 1.54) is 5.69 Å². The number of likely N-dealkylation sites (N-methyl/N-ethyl adjacent to an activating group) is 1. The van der Waals surface area contributed by atoms with Gasteiger partial charge in [0, 0.05) is 32.2 Å². The van der Waals surface area contributed by atoms with Crippen LogP contribution in [0.15, 0.2) is 18.5 Å². The van der Waals surface area contributed by atoms with Crippen molar-refractivity contribution in [2.75, 3.05) is 44.7 Å². The maximum Gasteiger partial charge on any atom is 0.139 e. The fraction of sp³-hybridized carbons (Fsp3) is 0.667. The number of aromatic nitrogens is 1. The van der Waals surface area contributed by atoms with E-state index in [9.17, 15) is 0 Å². The minimum Gasteiger partial charge on any atom is -0.492 e. The first-order valence-corrected chi connectivity index (χ1v) is 7.16. The zero-order valence-corrected chi connectivity index (χ0v) is 12.3. The number of nitrogens with zero attached hydrogens (tertiary/aromatic N) is 3. The first kappa shape index (κ1) is 14.1. The van der Waals surface area contributed by atoms with Gasteiger partial charge < -0.3 is 14.5 Å². The topological polar surface area (TPSA) is 28.6 Å². The summed E-state index contributed by atoms with van der Waals surface area (Å²) in [5.74, 6) is 1.56. The Kier molecular flexibility index (Phi) is 5.02. The molecule has 0 unspecified atom stereocenters. The van der Waals surface area contributed by atoms with Crippen molar-refractivity contribution in [2.45, 2.75) is 20.3 Å². The number of anilines is 1. The molecule has 1 fully saturated rings. The summed E-state index contributed by atoms with van der Waals surface area (Å²) in [5.41, 5.74) is 1.18. The third kappa shape index (κ3) is 4.39. The van der Waals surface area contributed by atoms with Crippen LogP contribution in [0.1, 0.15) is 20.3 Å². The van der Waals surface area contributed by atoms with Crippen LogP contribution in [0.4, 0.5) is 5.69 Å². The van der Waals surface area contributed by atoms with Crippen molar-refractivity contribution in [3.05, 3.63) is 18.5 Å². The SMILES string of the molecule is CC(C)CCOc1cncc(N2CCN(C)CC2)c1. The van der Waals surface area contributed by atoms with Gasteiger partial charge in [-0.2, -0.15) is 0 Å². The molecule has 1 aliphatic heterocycles. The molecule has 1 aromatic heterocycles. The Morgan fingerprint density at radius 2 is 1.95 bits per heavy atom. The van der Waals surface area contributed by atoms with Gasteiger partial charge in [0.1, 0.15) is 5.75 Å². The van der Waals surface area contributed by atoms with Gasteiger partial charge in [0.2, 0.25) is 0 Å². The molecule has 0 amide bonds. The van der Waals surface area contributed by atoms with Crippen LogP contribution in [0.5, 0.6) is 5.75 Å². The van der Waals surface area contributed by atoms with Gasteiger partial charge >= 0.3 is 0 Å². The van der Waals surface area contributed by atoms with E-state index < -0.39 is 0 Å². The lowest BCUT2D eigenvalue weighted by Crippen LogP contribution is -2.44. The Morgan fingerprint density at radius 3 is 2.63 bits per heavy atom. The van der Waals surface area contributed by atoms with Crippen molar-refractivity contribution in [1.29, 1.82) is 0 Å². The Morgan fingerprint density at radius 1 is 1.21 bits per heavy atom. The Hall–Kier alpha value is -1.29. The van der Waals surface area contributed by atoms with Crippen LogP contribution in [0, 0.1) is 5.92 Å². The minimum atomic E-state index is 0.675. The molecule has 0 aromatic carbocycles. The van der Waals surface area contributed by atoms with Crippen molar-refractivity contribution in [3.63, 3.8) is 0 Å². The minimum absolute atomic E-state index is 0.675. The fourth-order valence-corrected chi connectivity index (χ4v) is 2.14. The molecule has 0 radical (unpaired) electrons. The van der Waals surface area contributed by atoms with E-state index in [1.807, 2.05) is 6.20 Å². The second kappa shape index (κ2) is 6.75. The highest BCUT2D eigenvalue weighted by atomic mass is 16.5. The number of hydrogen-bond donors (Lipinski definition) is 0. The number of piperazine rings is 1. The van der Waals surface area contributed by atoms with E-state index in [1.54, 1.807) is 6.20 Å². The second-order valence-electron chi connectivity index (χ2n) is 5.70. The molecule has 0 spiro atoms. The van der Waals surface area contributed by atoms with Crippen LogP contribution >= 0.6 is 0 Å². The molecule has 0 bridgehead atoms. The maximum absolute atomic E-state index is 5.77. The first-order chi connectivity index (χ1) is 9.15. The average molecular weight is 263 g/mol. The highest BCUT2D eigenvalue weighted by Crippen LogP contribution is 2.21.